The van der Waals surface area contributed by atoms with Crippen LogP contribution in [0.3, 0.4) is 0 Å². The third kappa shape index (κ3) is 5.17. The molecule has 1 heteroatoms. The molecule has 9 aromatic carbocycles. The van der Waals surface area contributed by atoms with Crippen molar-refractivity contribution >= 4 is 27.8 Å². The van der Waals surface area contributed by atoms with Gasteiger partial charge < -0.3 is 4.90 Å². The van der Waals surface area contributed by atoms with E-state index in [4.69, 9.17) is 0 Å². The molecule has 254 valence electrons. The van der Waals surface area contributed by atoms with E-state index < -0.39 is 5.41 Å². The Morgan fingerprint density at radius 1 is 0.296 bits per heavy atom. The van der Waals surface area contributed by atoms with Crippen molar-refractivity contribution in [2.24, 2.45) is 0 Å². The van der Waals surface area contributed by atoms with E-state index >= 15 is 0 Å². The average Bonchev–Trinajstić information content (AvgIpc) is 3.55. The summed E-state index contributed by atoms with van der Waals surface area (Å²) in [5, 5.41) is 2.50. The molecule has 0 aromatic heterocycles. The third-order valence-electron chi connectivity index (χ3n) is 11.1. The summed E-state index contributed by atoms with van der Waals surface area (Å²) in [6.45, 7) is 0. The molecule has 0 amide bonds. The van der Waals surface area contributed by atoms with Gasteiger partial charge in [-0.1, -0.05) is 176 Å². The van der Waals surface area contributed by atoms with E-state index in [1.54, 1.807) is 0 Å². The summed E-state index contributed by atoms with van der Waals surface area (Å²) in [5.74, 6) is 0. The molecule has 0 unspecified atom stereocenters. The van der Waals surface area contributed by atoms with E-state index in [2.05, 4.69) is 229 Å². The minimum absolute atomic E-state index is 0.469. The number of rotatable bonds is 7. The van der Waals surface area contributed by atoms with E-state index in [0.717, 1.165) is 17.1 Å². The topological polar surface area (TPSA) is 3.24 Å². The molecule has 9 aromatic rings. The van der Waals surface area contributed by atoms with Crippen molar-refractivity contribution in [2.75, 3.05) is 4.90 Å². The lowest BCUT2D eigenvalue weighted by atomic mass is 9.67. The largest absolute Gasteiger partial charge is 0.310 e. The molecule has 0 heterocycles. The fraction of sp³-hybridized carbons (Fsp3) is 0.0189. The molecule has 0 aliphatic heterocycles. The zero-order valence-electron chi connectivity index (χ0n) is 29.8. The molecule has 0 N–H and O–H groups in total. The highest BCUT2D eigenvalue weighted by atomic mass is 15.1. The van der Waals surface area contributed by atoms with Gasteiger partial charge in [-0.15, -0.1) is 0 Å². The van der Waals surface area contributed by atoms with Crippen molar-refractivity contribution in [3.63, 3.8) is 0 Å². The van der Waals surface area contributed by atoms with Crippen LogP contribution in [-0.4, -0.2) is 0 Å². The van der Waals surface area contributed by atoms with E-state index in [1.165, 1.54) is 66.4 Å². The summed E-state index contributed by atoms with van der Waals surface area (Å²) >= 11 is 0. The first kappa shape index (κ1) is 31.7. The van der Waals surface area contributed by atoms with Crippen LogP contribution in [0.25, 0.3) is 44.2 Å². The third-order valence-corrected chi connectivity index (χ3v) is 11.1. The summed E-state index contributed by atoms with van der Waals surface area (Å²) in [5.41, 5.74) is 15.4. The highest BCUT2D eigenvalue weighted by molar-refractivity contribution is 6.00. The normalized spacial score (nSPS) is 12.6. The second kappa shape index (κ2) is 13.2. The zero-order valence-corrected chi connectivity index (χ0v) is 29.8. The zero-order chi connectivity index (χ0) is 35.9. The van der Waals surface area contributed by atoms with Gasteiger partial charge in [0.2, 0.25) is 0 Å². The van der Waals surface area contributed by atoms with E-state index in [9.17, 15) is 0 Å². The molecule has 0 atom stereocenters. The van der Waals surface area contributed by atoms with E-state index in [0.29, 0.717) is 0 Å². The summed E-state index contributed by atoms with van der Waals surface area (Å²) in [6, 6.07) is 81.9. The molecule has 10 rings (SSSR count). The van der Waals surface area contributed by atoms with E-state index in [1.807, 2.05) is 0 Å². The standard InChI is InChI=1S/C53H37N/c1-5-17-39(18-6-1)50-36-41(35-40-19-13-14-26-47(40)50)38-29-31-45(32-30-38)54(44-24-11-4-12-25-44)46-33-34-49-48-27-15-16-28-51(48)53(52(49)37-46,42-20-7-2-8-21-42)43-22-9-3-10-23-43/h1-37H. The quantitative estimate of drug-likeness (QED) is 0.161. The van der Waals surface area contributed by atoms with Crippen molar-refractivity contribution in [3.8, 4) is 33.4 Å². The molecular formula is C53H37N. The van der Waals surface area contributed by atoms with Gasteiger partial charge in [-0.3, -0.25) is 0 Å². The molecule has 0 radical (unpaired) electrons. The molecule has 54 heavy (non-hydrogen) atoms. The minimum Gasteiger partial charge on any atom is -0.310 e. The van der Waals surface area contributed by atoms with Gasteiger partial charge in [-0.2, -0.15) is 0 Å². The summed E-state index contributed by atoms with van der Waals surface area (Å²) in [4.78, 5) is 2.39. The molecule has 0 saturated heterocycles. The Morgan fingerprint density at radius 3 is 1.54 bits per heavy atom. The second-order valence-corrected chi connectivity index (χ2v) is 14.1. The maximum Gasteiger partial charge on any atom is 0.0714 e. The Bertz CT molecular complexity index is 2700. The number of nitrogens with zero attached hydrogens (tertiary/aromatic N) is 1. The lowest BCUT2D eigenvalue weighted by Crippen LogP contribution is -2.28. The lowest BCUT2D eigenvalue weighted by Gasteiger charge is -2.35. The SMILES string of the molecule is c1ccc(-c2cc(-c3ccc(N(c4ccccc4)c4ccc5c(c4)C(c4ccccc4)(c4ccccc4)c4ccccc4-5)cc3)cc3ccccc23)cc1. The molecule has 1 nitrogen and oxygen atoms in total. The van der Waals surface area contributed by atoms with Gasteiger partial charge in [-0.25, -0.2) is 0 Å². The van der Waals surface area contributed by atoms with Gasteiger partial charge >= 0.3 is 0 Å². The summed E-state index contributed by atoms with van der Waals surface area (Å²) in [7, 11) is 0. The smallest absolute Gasteiger partial charge is 0.0714 e. The maximum absolute atomic E-state index is 2.44. The fourth-order valence-corrected chi connectivity index (χ4v) is 8.73. The van der Waals surface area contributed by atoms with Crippen LogP contribution in [0.2, 0.25) is 0 Å². The predicted molar refractivity (Wildman–Crippen MR) is 227 cm³/mol. The molecule has 1 aliphatic carbocycles. The molecule has 1 aliphatic rings. The number of anilines is 3. The van der Waals surface area contributed by atoms with Crippen molar-refractivity contribution in [1.29, 1.82) is 0 Å². The van der Waals surface area contributed by atoms with Crippen LogP contribution in [0.1, 0.15) is 22.3 Å². The number of hydrogen-bond donors (Lipinski definition) is 0. The number of benzene rings is 9. The predicted octanol–water partition coefficient (Wildman–Crippen LogP) is 14.0. The van der Waals surface area contributed by atoms with Gasteiger partial charge in [-0.05, 0) is 115 Å². The van der Waals surface area contributed by atoms with Crippen LogP contribution in [0, 0.1) is 0 Å². The molecular weight excluding hydrogens is 651 g/mol. The number of hydrogen-bond acceptors (Lipinski definition) is 1. The Balaban J connectivity index is 1.14. The first-order valence-electron chi connectivity index (χ1n) is 18.7. The first-order valence-corrected chi connectivity index (χ1v) is 18.7. The van der Waals surface area contributed by atoms with Crippen LogP contribution in [-0.2, 0) is 5.41 Å². The van der Waals surface area contributed by atoms with Crippen LogP contribution in [0.4, 0.5) is 17.1 Å². The van der Waals surface area contributed by atoms with Crippen LogP contribution in [0.15, 0.2) is 224 Å². The highest BCUT2D eigenvalue weighted by Crippen LogP contribution is 2.57. The minimum atomic E-state index is -0.469. The van der Waals surface area contributed by atoms with Crippen molar-refractivity contribution < 1.29 is 0 Å². The average molecular weight is 688 g/mol. The van der Waals surface area contributed by atoms with Gasteiger partial charge in [0.15, 0.2) is 0 Å². The van der Waals surface area contributed by atoms with Crippen LogP contribution < -0.4 is 4.90 Å². The Morgan fingerprint density at radius 2 is 0.833 bits per heavy atom. The molecule has 0 bridgehead atoms. The van der Waals surface area contributed by atoms with Crippen molar-refractivity contribution in [1.82, 2.24) is 0 Å². The number of para-hydroxylation sites is 1. The van der Waals surface area contributed by atoms with Gasteiger partial charge in [0.05, 0.1) is 5.41 Å². The first-order chi connectivity index (χ1) is 26.8. The monoisotopic (exact) mass is 687 g/mol. The lowest BCUT2D eigenvalue weighted by molar-refractivity contribution is 0.768. The molecule has 0 saturated carbocycles. The molecule has 0 spiro atoms. The fourth-order valence-electron chi connectivity index (χ4n) is 8.73. The second-order valence-electron chi connectivity index (χ2n) is 14.1. The highest BCUT2D eigenvalue weighted by Gasteiger charge is 2.46. The van der Waals surface area contributed by atoms with Gasteiger partial charge in [0.25, 0.3) is 0 Å². The maximum atomic E-state index is 2.44. The number of fused-ring (bicyclic) bond motifs is 4. The van der Waals surface area contributed by atoms with Gasteiger partial charge in [0, 0.05) is 17.1 Å². The van der Waals surface area contributed by atoms with Crippen molar-refractivity contribution in [3.05, 3.63) is 247 Å². The Hall–Kier alpha value is -6.96. The van der Waals surface area contributed by atoms with E-state index in [-0.39, 0.29) is 0 Å². The van der Waals surface area contributed by atoms with Crippen LogP contribution >= 0.6 is 0 Å². The Labute approximate surface area is 317 Å². The summed E-state index contributed by atoms with van der Waals surface area (Å²) in [6.07, 6.45) is 0. The summed E-state index contributed by atoms with van der Waals surface area (Å²) < 4.78 is 0. The van der Waals surface area contributed by atoms with Crippen molar-refractivity contribution in [2.45, 2.75) is 5.41 Å². The van der Waals surface area contributed by atoms with Gasteiger partial charge in [0.1, 0.15) is 0 Å². The molecule has 0 fully saturated rings. The van der Waals surface area contributed by atoms with Crippen LogP contribution in [0.5, 0.6) is 0 Å². The Kier molecular flexibility index (Phi) is 7.78.